The van der Waals surface area contributed by atoms with Crippen LogP contribution in [0.1, 0.15) is 22.8 Å². The Labute approximate surface area is 128 Å². The fraction of sp³-hybridized carbons (Fsp3) is 0.462. The summed E-state index contributed by atoms with van der Waals surface area (Å²) in [4.78, 5) is 14.4. The Kier molecular flexibility index (Phi) is 5.88. The normalized spacial score (nSPS) is 19.3. The third kappa shape index (κ3) is 3.36. The Bertz CT molecular complexity index is 439. The Morgan fingerprint density at radius 2 is 2.22 bits per heavy atom. The van der Waals surface area contributed by atoms with Gasteiger partial charge in [0.05, 0.1) is 5.56 Å². The van der Waals surface area contributed by atoms with E-state index in [0.29, 0.717) is 0 Å². The van der Waals surface area contributed by atoms with Crippen molar-refractivity contribution in [3.05, 3.63) is 32.9 Å². The second-order valence-corrected chi connectivity index (χ2v) is 5.70. The van der Waals surface area contributed by atoms with Crippen molar-refractivity contribution in [1.82, 2.24) is 10.2 Å². The zero-order valence-electron chi connectivity index (χ0n) is 10.6. The number of benzene rings is 1. The average Bonchev–Trinajstić information content (AvgIpc) is 2.32. The number of piperazine rings is 1. The molecule has 0 radical (unpaired) electrons. The van der Waals surface area contributed by atoms with Crippen LogP contribution in [0.2, 0.25) is 0 Å². The summed E-state index contributed by atoms with van der Waals surface area (Å²) in [5.41, 5.74) is 1.97. The Hall–Kier alpha value is -0.330. The summed E-state index contributed by atoms with van der Waals surface area (Å²) < 4.78 is 1.03. The summed E-state index contributed by atoms with van der Waals surface area (Å²) in [5, 5.41) is 3.30. The molecule has 1 aromatic rings. The van der Waals surface area contributed by atoms with Crippen LogP contribution in [0.4, 0.5) is 0 Å². The van der Waals surface area contributed by atoms with E-state index in [1.54, 1.807) is 0 Å². The van der Waals surface area contributed by atoms with Crippen LogP contribution in [0.3, 0.4) is 0 Å². The first-order valence-electron chi connectivity index (χ1n) is 5.87. The highest BCUT2D eigenvalue weighted by Gasteiger charge is 2.25. The Morgan fingerprint density at radius 3 is 2.89 bits per heavy atom. The van der Waals surface area contributed by atoms with E-state index in [0.717, 1.165) is 34.3 Å². The van der Waals surface area contributed by atoms with Crippen molar-refractivity contribution in [3.8, 4) is 0 Å². The minimum absolute atomic E-state index is 0. The fourth-order valence-corrected chi connectivity index (χ4v) is 2.67. The minimum atomic E-state index is 0. The smallest absolute Gasteiger partial charge is 0.255 e. The maximum atomic E-state index is 12.5. The Balaban J connectivity index is 0.00000162. The molecule has 1 aromatic carbocycles. The molecule has 0 aliphatic carbocycles. The molecule has 5 heteroatoms. The average molecular weight is 381 g/mol. The Morgan fingerprint density at radius 1 is 1.50 bits per heavy atom. The number of halogens is 2. The maximum Gasteiger partial charge on any atom is 0.255 e. The van der Waals surface area contributed by atoms with Crippen molar-refractivity contribution in [2.75, 3.05) is 19.6 Å². The van der Waals surface area contributed by atoms with E-state index in [-0.39, 0.29) is 24.4 Å². The van der Waals surface area contributed by atoms with E-state index in [1.165, 1.54) is 0 Å². The lowest BCUT2D eigenvalue weighted by molar-refractivity contribution is 0.0654. The molecule has 0 bridgehead atoms. The van der Waals surface area contributed by atoms with Crippen molar-refractivity contribution < 1.29 is 4.79 Å². The van der Waals surface area contributed by atoms with Gasteiger partial charge >= 0.3 is 0 Å². The molecular formula is C13H18ClIN2O. The van der Waals surface area contributed by atoms with Crippen LogP contribution >= 0.6 is 35.0 Å². The van der Waals surface area contributed by atoms with Gasteiger partial charge in [0.25, 0.3) is 5.91 Å². The van der Waals surface area contributed by atoms with Gasteiger partial charge in [0, 0.05) is 29.2 Å². The highest BCUT2D eigenvalue weighted by Crippen LogP contribution is 2.18. The molecule has 1 N–H and O–H groups in total. The molecule has 1 fully saturated rings. The molecule has 0 aromatic heterocycles. The number of amides is 1. The number of rotatable bonds is 1. The van der Waals surface area contributed by atoms with Gasteiger partial charge in [-0.25, -0.2) is 0 Å². The summed E-state index contributed by atoms with van der Waals surface area (Å²) in [6.07, 6.45) is 0. The predicted molar refractivity (Wildman–Crippen MR) is 84.5 cm³/mol. The number of aryl methyl sites for hydroxylation is 1. The molecular weight excluding hydrogens is 363 g/mol. The first-order chi connectivity index (χ1) is 8.09. The largest absolute Gasteiger partial charge is 0.333 e. The van der Waals surface area contributed by atoms with E-state index in [4.69, 9.17) is 0 Å². The molecule has 100 valence electrons. The number of hydrogen-bond donors (Lipinski definition) is 1. The van der Waals surface area contributed by atoms with Gasteiger partial charge in [0.2, 0.25) is 0 Å². The van der Waals surface area contributed by atoms with Crippen molar-refractivity contribution in [1.29, 1.82) is 0 Å². The van der Waals surface area contributed by atoms with Gasteiger partial charge in [0.15, 0.2) is 0 Å². The lowest BCUT2D eigenvalue weighted by Crippen LogP contribution is -2.52. The summed E-state index contributed by atoms with van der Waals surface area (Å²) in [6, 6.07) is 6.31. The standard InChI is InChI=1S/C13H17IN2O.ClH/c1-9-3-4-12(14)11(7-9)13(17)16-6-5-15-8-10(16)2;/h3-4,7,10,15H,5-6,8H2,1-2H3;1H. The zero-order chi connectivity index (χ0) is 12.4. The van der Waals surface area contributed by atoms with Gasteiger partial charge < -0.3 is 10.2 Å². The van der Waals surface area contributed by atoms with Crippen molar-refractivity contribution >= 4 is 40.9 Å². The number of carbonyl (C=O) groups is 1. The van der Waals surface area contributed by atoms with Crippen LogP contribution in [0, 0.1) is 10.5 Å². The second kappa shape index (κ2) is 6.73. The number of hydrogen-bond acceptors (Lipinski definition) is 2. The lowest BCUT2D eigenvalue weighted by atomic mass is 10.1. The number of carbonyl (C=O) groups excluding carboxylic acids is 1. The minimum Gasteiger partial charge on any atom is -0.333 e. The van der Waals surface area contributed by atoms with Gasteiger partial charge in [-0.1, -0.05) is 11.6 Å². The molecule has 1 amide bonds. The lowest BCUT2D eigenvalue weighted by Gasteiger charge is -2.34. The highest BCUT2D eigenvalue weighted by molar-refractivity contribution is 14.1. The van der Waals surface area contributed by atoms with Gasteiger partial charge in [-0.05, 0) is 48.6 Å². The number of nitrogens with one attached hydrogen (secondary N) is 1. The second-order valence-electron chi connectivity index (χ2n) is 4.53. The van der Waals surface area contributed by atoms with Gasteiger partial charge in [-0.3, -0.25) is 4.79 Å². The van der Waals surface area contributed by atoms with Crippen molar-refractivity contribution in [2.45, 2.75) is 19.9 Å². The topological polar surface area (TPSA) is 32.3 Å². The highest BCUT2D eigenvalue weighted by atomic mass is 127. The molecule has 1 aliphatic rings. The molecule has 1 atom stereocenters. The van der Waals surface area contributed by atoms with E-state index in [9.17, 15) is 4.79 Å². The van der Waals surface area contributed by atoms with E-state index in [2.05, 4.69) is 34.8 Å². The third-order valence-corrected chi connectivity index (χ3v) is 4.06. The zero-order valence-corrected chi connectivity index (χ0v) is 13.5. The quantitative estimate of drug-likeness (QED) is 0.759. The van der Waals surface area contributed by atoms with Crippen LogP contribution < -0.4 is 5.32 Å². The van der Waals surface area contributed by atoms with Crippen LogP contribution in [0.25, 0.3) is 0 Å². The van der Waals surface area contributed by atoms with Crippen LogP contribution in [-0.2, 0) is 0 Å². The number of nitrogens with zero attached hydrogens (tertiary/aromatic N) is 1. The first-order valence-corrected chi connectivity index (χ1v) is 6.95. The first kappa shape index (κ1) is 15.7. The predicted octanol–water partition coefficient (Wildman–Crippen LogP) is 2.46. The SMILES string of the molecule is Cc1ccc(I)c(C(=O)N2CCNCC2C)c1.Cl. The molecule has 1 heterocycles. The molecule has 2 rings (SSSR count). The summed E-state index contributed by atoms with van der Waals surface area (Å²) >= 11 is 2.23. The fourth-order valence-electron chi connectivity index (χ4n) is 2.10. The van der Waals surface area contributed by atoms with Gasteiger partial charge in [-0.15, -0.1) is 12.4 Å². The molecule has 0 saturated carbocycles. The van der Waals surface area contributed by atoms with Crippen molar-refractivity contribution in [2.24, 2.45) is 0 Å². The van der Waals surface area contributed by atoms with E-state index >= 15 is 0 Å². The molecule has 1 aliphatic heterocycles. The summed E-state index contributed by atoms with van der Waals surface area (Å²) in [7, 11) is 0. The van der Waals surface area contributed by atoms with Crippen LogP contribution in [0.5, 0.6) is 0 Å². The van der Waals surface area contributed by atoms with E-state index < -0.39 is 0 Å². The third-order valence-electron chi connectivity index (χ3n) is 3.11. The monoisotopic (exact) mass is 380 g/mol. The molecule has 1 unspecified atom stereocenters. The molecule has 0 spiro atoms. The van der Waals surface area contributed by atoms with Gasteiger partial charge in [0.1, 0.15) is 0 Å². The molecule has 18 heavy (non-hydrogen) atoms. The molecule has 3 nitrogen and oxygen atoms in total. The van der Waals surface area contributed by atoms with E-state index in [1.807, 2.05) is 30.0 Å². The van der Waals surface area contributed by atoms with Crippen molar-refractivity contribution in [3.63, 3.8) is 0 Å². The van der Waals surface area contributed by atoms with Crippen LogP contribution in [-0.4, -0.2) is 36.5 Å². The summed E-state index contributed by atoms with van der Waals surface area (Å²) in [5.74, 6) is 0.159. The van der Waals surface area contributed by atoms with Gasteiger partial charge in [-0.2, -0.15) is 0 Å². The maximum absolute atomic E-state index is 12.5. The summed E-state index contributed by atoms with van der Waals surface area (Å²) in [6.45, 7) is 6.68. The molecule has 1 saturated heterocycles. The van der Waals surface area contributed by atoms with Crippen LogP contribution in [0.15, 0.2) is 18.2 Å².